The predicted octanol–water partition coefficient (Wildman–Crippen LogP) is 1.02. The van der Waals surface area contributed by atoms with Gasteiger partial charge in [-0.3, -0.25) is 9.59 Å². The molecule has 8 atom stereocenters. The van der Waals surface area contributed by atoms with Gasteiger partial charge in [0.25, 0.3) is 0 Å². The third-order valence-electron chi connectivity index (χ3n) is 6.27. The summed E-state index contributed by atoms with van der Waals surface area (Å²) >= 11 is 0. The number of carbonyl (C=O) groups is 4. The van der Waals surface area contributed by atoms with E-state index in [1.165, 1.54) is 19.9 Å². The van der Waals surface area contributed by atoms with Crippen LogP contribution in [-0.2, 0) is 38.1 Å². The SMILES string of the molecule is C=C1C(=O)O[C@@H]2C[C@@H](C)[C@@H]3O[C@@H]3C(=O)[C@](C)(O)[C@H](OC(C)=O)[C@@H](OC(=O)/C(C)=C\C)[C@@H]12. The highest BCUT2D eigenvalue weighted by Gasteiger charge is 2.63. The first-order valence-electron chi connectivity index (χ1n) is 10.2. The van der Waals surface area contributed by atoms with E-state index in [9.17, 15) is 24.3 Å². The molecule has 2 aliphatic heterocycles. The number of hydrogen-bond donors (Lipinski definition) is 1. The van der Waals surface area contributed by atoms with Crippen molar-refractivity contribution in [2.24, 2.45) is 11.8 Å². The zero-order valence-electron chi connectivity index (χ0n) is 18.2. The number of ether oxygens (including phenoxy) is 4. The Morgan fingerprint density at radius 2 is 1.90 bits per heavy atom. The van der Waals surface area contributed by atoms with Crippen molar-refractivity contribution in [3.05, 3.63) is 23.8 Å². The van der Waals surface area contributed by atoms with Gasteiger partial charge in [0, 0.05) is 18.1 Å². The molecule has 0 aromatic heterocycles. The Morgan fingerprint density at radius 3 is 2.48 bits per heavy atom. The van der Waals surface area contributed by atoms with Crippen LogP contribution in [0.4, 0.5) is 0 Å². The number of allylic oxidation sites excluding steroid dienone is 1. The first kappa shape index (κ1) is 23.1. The van der Waals surface area contributed by atoms with Gasteiger partial charge in [-0.15, -0.1) is 0 Å². The van der Waals surface area contributed by atoms with E-state index >= 15 is 0 Å². The normalized spacial score (nSPS) is 40.4. The van der Waals surface area contributed by atoms with Gasteiger partial charge in [0.05, 0.1) is 12.0 Å². The van der Waals surface area contributed by atoms with Crippen molar-refractivity contribution in [2.75, 3.05) is 0 Å². The monoisotopic (exact) mass is 436 g/mol. The Hall–Kier alpha value is -2.52. The van der Waals surface area contributed by atoms with Crippen molar-refractivity contribution in [2.45, 2.75) is 77.2 Å². The van der Waals surface area contributed by atoms with Crippen molar-refractivity contribution >= 4 is 23.7 Å². The Bertz CT molecular complexity index is 855. The van der Waals surface area contributed by atoms with Crippen molar-refractivity contribution in [3.8, 4) is 0 Å². The second kappa shape index (κ2) is 8.20. The molecular weight excluding hydrogens is 408 g/mol. The first-order chi connectivity index (χ1) is 14.4. The topological polar surface area (TPSA) is 129 Å². The minimum absolute atomic E-state index is 0.0161. The molecule has 3 fully saturated rings. The molecule has 0 unspecified atom stereocenters. The fraction of sp³-hybridized carbons (Fsp3) is 0.636. The van der Waals surface area contributed by atoms with Gasteiger partial charge >= 0.3 is 17.9 Å². The van der Waals surface area contributed by atoms with E-state index in [4.69, 9.17) is 18.9 Å². The molecule has 3 aliphatic rings. The van der Waals surface area contributed by atoms with Crippen LogP contribution in [0.2, 0.25) is 0 Å². The van der Waals surface area contributed by atoms with Gasteiger partial charge in [0.1, 0.15) is 12.2 Å². The summed E-state index contributed by atoms with van der Waals surface area (Å²) in [7, 11) is 0. The fourth-order valence-electron chi connectivity index (χ4n) is 4.29. The number of aliphatic hydroxyl groups is 1. The summed E-state index contributed by atoms with van der Waals surface area (Å²) in [5.41, 5.74) is -1.98. The molecule has 3 rings (SSSR count). The summed E-state index contributed by atoms with van der Waals surface area (Å²) < 4.78 is 22.0. The van der Waals surface area contributed by atoms with Crippen LogP contribution in [0.25, 0.3) is 0 Å². The molecule has 0 amide bonds. The highest BCUT2D eigenvalue weighted by Crippen LogP contribution is 2.45. The van der Waals surface area contributed by atoms with Gasteiger partial charge in [-0.25, -0.2) is 9.59 Å². The maximum absolute atomic E-state index is 13.1. The van der Waals surface area contributed by atoms with Gasteiger partial charge in [-0.1, -0.05) is 19.6 Å². The highest BCUT2D eigenvalue weighted by molar-refractivity contribution is 5.95. The van der Waals surface area contributed by atoms with Crippen LogP contribution in [-0.4, -0.2) is 64.9 Å². The molecule has 0 spiro atoms. The van der Waals surface area contributed by atoms with Crippen LogP contribution >= 0.6 is 0 Å². The average molecular weight is 436 g/mol. The van der Waals surface area contributed by atoms with Crippen molar-refractivity contribution < 1.29 is 43.2 Å². The Morgan fingerprint density at radius 1 is 1.26 bits per heavy atom. The number of ketones is 1. The lowest BCUT2D eigenvalue weighted by molar-refractivity contribution is -0.196. The molecule has 1 saturated carbocycles. The molecular formula is C22H28O9. The van der Waals surface area contributed by atoms with Gasteiger partial charge in [-0.05, 0) is 33.1 Å². The molecule has 0 bridgehead atoms. The molecule has 1 aliphatic carbocycles. The number of rotatable bonds is 3. The van der Waals surface area contributed by atoms with Crippen LogP contribution in [0.5, 0.6) is 0 Å². The number of esters is 3. The number of epoxide rings is 1. The molecule has 2 heterocycles. The summed E-state index contributed by atoms with van der Waals surface area (Å²) in [5, 5.41) is 11.2. The minimum atomic E-state index is -2.26. The summed E-state index contributed by atoms with van der Waals surface area (Å²) in [6, 6.07) is 0. The van der Waals surface area contributed by atoms with E-state index in [-0.39, 0.29) is 17.1 Å². The molecule has 2 saturated heterocycles. The standard InChI is InChI=1S/C22H28O9/c1-7-9(2)20(25)31-16-14-11(4)21(26)29-13(14)8-10(3)15-17(30-15)18(24)22(6,27)19(16)28-12(5)23/h7,10,13-17,19,27H,4,8H2,1-3,5-6H3/b9-7-/t10-,13-,14+,15+,16+,17+,19-,22+/m1/s1. The lowest BCUT2D eigenvalue weighted by atomic mass is 9.75. The maximum atomic E-state index is 13.1. The summed E-state index contributed by atoms with van der Waals surface area (Å²) in [4.78, 5) is 50.0. The van der Waals surface area contributed by atoms with Crippen LogP contribution < -0.4 is 0 Å². The molecule has 1 N–H and O–H groups in total. The van der Waals surface area contributed by atoms with Crippen LogP contribution in [0.1, 0.15) is 41.0 Å². The van der Waals surface area contributed by atoms with E-state index in [0.717, 1.165) is 6.92 Å². The van der Waals surface area contributed by atoms with Gasteiger partial charge < -0.3 is 24.1 Å². The fourth-order valence-corrected chi connectivity index (χ4v) is 4.29. The quantitative estimate of drug-likeness (QED) is 0.298. The smallest absolute Gasteiger partial charge is 0.334 e. The summed E-state index contributed by atoms with van der Waals surface area (Å²) in [5.74, 6) is -4.02. The van der Waals surface area contributed by atoms with Crippen LogP contribution in [0, 0.1) is 11.8 Å². The second-order valence-corrected chi connectivity index (χ2v) is 8.61. The lowest BCUT2D eigenvalue weighted by Crippen LogP contribution is -2.60. The molecule has 9 heteroatoms. The molecule has 0 aromatic rings. The number of Topliss-reactive ketones (excluding diaryl/α,β-unsaturated/α-hetero) is 1. The Kier molecular flexibility index (Phi) is 6.12. The predicted molar refractivity (Wildman–Crippen MR) is 105 cm³/mol. The summed E-state index contributed by atoms with van der Waals surface area (Å²) in [6.45, 7) is 11.1. The van der Waals surface area contributed by atoms with Crippen molar-refractivity contribution in [1.82, 2.24) is 0 Å². The third-order valence-corrected chi connectivity index (χ3v) is 6.27. The average Bonchev–Trinajstić information content (AvgIpc) is 3.44. The van der Waals surface area contributed by atoms with E-state index in [1.807, 2.05) is 6.92 Å². The van der Waals surface area contributed by atoms with E-state index in [2.05, 4.69) is 6.58 Å². The van der Waals surface area contributed by atoms with Crippen LogP contribution in [0.15, 0.2) is 23.8 Å². The number of carbonyl (C=O) groups excluding carboxylic acids is 4. The molecule has 0 aromatic carbocycles. The minimum Gasteiger partial charge on any atom is -0.458 e. The van der Waals surface area contributed by atoms with Gasteiger partial charge in [0.15, 0.2) is 23.6 Å². The molecule has 0 radical (unpaired) electrons. The number of hydrogen-bond acceptors (Lipinski definition) is 9. The molecule has 170 valence electrons. The van der Waals surface area contributed by atoms with Crippen molar-refractivity contribution in [3.63, 3.8) is 0 Å². The van der Waals surface area contributed by atoms with Crippen molar-refractivity contribution in [1.29, 1.82) is 0 Å². The Balaban J connectivity index is 2.14. The zero-order chi connectivity index (χ0) is 23.2. The molecule has 31 heavy (non-hydrogen) atoms. The highest BCUT2D eigenvalue weighted by atomic mass is 16.6. The van der Waals surface area contributed by atoms with E-state index in [1.54, 1.807) is 6.92 Å². The lowest BCUT2D eigenvalue weighted by Gasteiger charge is -2.39. The van der Waals surface area contributed by atoms with E-state index in [0.29, 0.717) is 6.42 Å². The Labute approximate surface area is 180 Å². The largest absolute Gasteiger partial charge is 0.458 e. The maximum Gasteiger partial charge on any atom is 0.334 e. The van der Waals surface area contributed by atoms with Gasteiger partial charge in [-0.2, -0.15) is 0 Å². The third kappa shape index (κ3) is 4.16. The zero-order valence-corrected chi connectivity index (χ0v) is 18.2. The number of fused-ring (bicyclic) bond motifs is 2. The first-order valence-corrected chi connectivity index (χ1v) is 10.2. The van der Waals surface area contributed by atoms with E-state index < -0.39 is 65.7 Å². The summed E-state index contributed by atoms with van der Waals surface area (Å²) in [6.07, 6.45) is -3.27. The van der Waals surface area contributed by atoms with Crippen LogP contribution in [0.3, 0.4) is 0 Å². The molecule has 9 nitrogen and oxygen atoms in total. The van der Waals surface area contributed by atoms with Gasteiger partial charge in [0.2, 0.25) is 0 Å². The second-order valence-electron chi connectivity index (χ2n) is 8.61.